The van der Waals surface area contributed by atoms with Crippen LogP contribution < -0.4 is 15.0 Å². The molecule has 5 nitrogen and oxygen atoms in total. The first-order valence-electron chi connectivity index (χ1n) is 12.4. The summed E-state index contributed by atoms with van der Waals surface area (Å²) in [4.78, 5) is 6.91. The molecule has 0 radical (unpaired) electrons. The molecule has 6 heteroatoms. The minimum atomic E-state index is -0.111. The third-order valence-electron chi connectivity index (χ3n) is 7.16. The lowest BCUT2D eigenvalue weighted by molar-refractivity contribution is 0.414. The van der Waals surface area contributed by atoms with Crippen LogP contribution in [0.1, 0.15) is 52.8 Å². The van der Waals surface area contributed by atoms with Crippen molar-refractivity contribution in [1.29, 1.82) is 0 Å². The highest BCUT2D eigenvalue weighted by Crippen LogP contribution is 2.46. The molecule has 3 heterocycles. The molecule has 0 aliphatic carbocycles. The largest absolute Gasteiger partial charge is 0.495 e. The summed E-state index contributed by atoms with van der Waals surface area (Å²) in [7, 11) is 1.70. The van der Waals surface area contributed by atoms with Crippen molar-refractivity contribution in [2.24, 2.45) is 0 Å². The number of rotatable bonds is 6. The molecule has 1 saturated heterocycles. The van der Waals surface area contributed by atoms with Crippen LogP contribution in [-0.2, 0) is 6.42 Å². The number of benzene rings is 2. The zero-order valence-corrected chi connectivity index (χ0v) is 22.3. The molecule has 5 rings (SSSR count). The second-order valence-corrected chi connectivity index (χ2v) is 9.65. The van der Waals surface area contributed by atoms with Crippen LogP contribution in [0.2, 0.25) is 0 Å². The van der Waals surface area contributed by atoms with E-state index in [1.807, 2.05) is 36.5 Å². The standard InChI is InChI=1S/C30H32N4OS/c1-6-22-13-11-12-19(2)28(22)33-20(3)18-23(21(33)4)29-27(24-14-9-10-17-31-24)32-30(36)34(29)25-15-7-8-16-26(25)35-5/h7-18,27,29H,6H2,1-5H3,(H,32,36). The van der Waals surface area contributed by atoms with Gasteiger partial charge in [0.2, 0.25) is 0 Å². The Morgan fingerprint density at radius 3 is 2.50 bits per heavy atom. The van der Waals surface area contributed by atoms with E-state index in [1.165, 1.54) is 33.8 Å². The fraction of sp³-hybridized carbons (Fsp3) is 0.267. The zero-order chi connectivity index (χ0) is 25.4. The van der Waals surface area contributed by atoms with Crippen LogP contribution in [0, 0.1) is 20.8 Å². The number of methoxy groups -OCH3 is 1. The van der Waals surface area contributed by atoms with Gasteiger partial charge in [-0.15, -0.1) is 0 Å². The molecule has 184 valence electrons. The van der Waals surface area contributed by atoms with Crippen molar-refractivity contribution in [2.75, 3.05) is 12.0 Å². The monoisotopic (exact) mass is 496 g/mol. The van der Waals surface area contributed by atoms with E-state index < -0.39 is 0 Å². The van der Waals surface area contributed by atoms with E-state index in [-0.39, 0.29) is 12.1 Å². The number of hydrogen-bond donors (Lipinski definition) is 1. The number of hydrogen-bond acceptors (Lipinski definition) is 3. The third kappa shape index (κ3) is 3.95. The van der Waals surface area contributed by atoms with Crippen molar-refractivity contribution in [3.05, 3.63) is 107 Å². The van der Waals surface area contributed by atoms with Gasteiger partial charge in [0.1, 0.15) is 5.75 Å². The smallest absolute Gasteiger partial charge is 0.174 e. The van der Waals surface area contributed by atoms with Crippen molar-refractivity contribution in [2.45, 2.75) is 46.2 Å². The minimum Gasteiger partial charge on any atom is -0.495 e. The summed E-state index contributed by atoms with van der Waals surface area (Å²) in [5.74, 6) is 0.786. The minimum absolute atomic E-state index is 0.0993. The van der Waals surface area contributed by atoms with Gasteiger partial charge in [0.25, 0.3) is 0 Å². The van der Waals surface area contributed by atoms with Gasteiger partial charge < -0.3 is 19.5 Å². The molecule has 1 aliphatic rings. The highest BCUT2D eigenvalue weighted by Gasteiger charge is 2.43. The van der Waals surface area contributed by atoms with Crippen molar-refractivity contribution < 1.29 is 4.74 Å². The van der Waals surface area contributed by atoms with Crippen LogP contribution in [0.25, 0.3) is 5.69 Å². The van der Waals surface area contributed by atoms with Crippen LogP contribution in [0.4, 0.5) is 5.69 Å². The molecule has 2 atom stereocenters. The highest BCUT2D eigenvalue weighted by molar-refractivity contribution is 7.80. The predicted molar refractivity (Wildman–Crippen MR) is 150 cm³/mol. The normalized spacial score (nSPS) is 17.4. The summed E-state index contributed by atoms with van der Waals surface area (Å²) in [6.07, 6.45) is 2.81. The lowest BCUT2D eigenvalue weighted by Gasteiger charge is -2.29. The Morgan fingerprint density at radius 1 is 1.00 bits per heavy atom. The first-order chi connectivity index (χ1) is 17.5. The van der Waals surface area contributed by atoms with Gasteiger partial charge in [0.15, 0.2) is 5.11 Å². The molecule has 2 unspecified atom stereocenters. The van der Waals surface area contributed by atoms with Crippen LogP contribution in [-0.4, -0.2) is 21.8 Å². The molecule has 4 aromatic rings. The number of ether oxygens (including phenoxy) is 1. The van der Waals surface area contributed by atoms with Crippen LogP contribution in [0.15, 0.2) is 72.9 Å². The molecule has 0 amide bonds. The molecule has 0 spiro atoms. The maximum atomic E-state index is 5.95. The maximum Gasteiger partial charge on any atom is 0.174 e. The summed E-state index contributed by atoms with van der Waals surface area (Å²) in [6, 6.07) is 22.7. The Hall–Kier alpha value is -3.64. The number of para-hydroxylation sites is 3. The number of nitrogens with one attached hydrogen (secondary N) is 1. The second-order valence-electron chi connectivity index (χ2n) is 9.27. The van der Waals surface area contributed by atoms with Crippen LogP contribution >= 0.6 is 12.2 Å². The topological polar surface area (TPSA) is 42.3 Å². The van der Waals surface area contributed by atoms with E-state index in [0.717, 1.165) is 23.6 Å². The quantitative estimate of drug-likeness (QED) is 0.307. The van der Waals surface area contributed by atoms with E-state index in [9.17, 15) is 0 Å². The number of thiocarbonyl (C=S) groups is 1. The van der Waals surface area contributed by atoms with Crippen molar-refractivity contribution >= 4 is 23.0 Å². The van der Waals surface area contributed by atoms with Crippen molar-refractivity contribution in [1.82, 2.24) is 14.9 Å². The summed E-state index contributed by atoms with van der Waals surface area (Å²) in [6.45, 7) is 8.81. The SMILES string of the molecule is CCc1cccc(C)c1-n1c(C)cc(C2C(c3ccccn3)NC(=S)N2c2ccccc2OC)c1C. The highest BCUT2D eigenvalue weighted by atomic mass is 32.1. The number of aromatic nitrogens is 2. The zero-order valence-electron chi connectivity index (χ0n) is 21.4. The van der Waals surface area contributed by atoms with Crippen LogP contribution in [0.3, 0.4) is 0 Å². The lowest BCUT2D eigenvalue weighted by Crippen LogP contribution is -2.30. The molecule has 1 aliphatic heterocycles. The number of aryl methyl sites for hydroxylation is 3. The molecule has 36 heavy (non-hydrogen) atoms. The van der Waals surface area contributed by atoms with Crippen LogP contribution in [0.5, 0.6) is 5.75 Å². The summed E-state index contributed by atoms with van der Waals surface area (Å²) >= 11 is 5.95. The Kier molecular flexibility index (Phi) is 6.54. The lowest BCUT2D eigenvalue weighted by atomic mass is 9.96. The Labute approximate surface area is 218 Å². The number of nitrogens with zero attached hydrogens (tertiary/aromatic N) is 3. The Balaban J connectivity index is 1.73. The van der Waals surface area contributed by atoms with Crippen molar-refractivity contribution in [3.8, 4) is 11.4 Å². The predicted octanol–water partition coefficient (Wildman–Crippen LogP) is 6.55. The van der Waals surface area contributed by atoms with Gasteiger partial charge >= 0.3 is 0 Å². The van der Waals surface area contributed by atoms with E-state index >= 15 is 0 Å². The molecule has 1 N–H and O–H groups in total. The molecule has 0 bridgehead atoms. The van der Waals surface area contributed by atoms with Gasteiger partial charge in [-0.05, 0) is 86.4 Å². The van der Waals surface area contributed by atoms with E-state index in [2.05, 4.69) is 78.9 Å². The van der Waals surface area contributed by atoms with E-state index in [1.54, 1.807) is 7.11 Å². The van der Waals surface area contributed by atoms with Gasteiger partial charge in [-0.1, -0.05) is 43.3 Å². The third-order valence-corrected chi connectivity index (χ3v) is 7.47. The second kappa shape index (κ2) is 9.78. The summed E-state index contributed by atoms with van der Waals surface area (Å²) in [5, 5.41) is 4.24. The molecule has 1 fully saturated rings. The van der Waals surface area contributed by atoms with E-state index in [0.29, 0.717) is 5.11 Å². The Bertz CT molecular complexity index is 1410. The Morgan fingerprint density at radius 2 is 1.78 bits per heavy atom. The van der Waals surface area contributed by atoms with Crippen molar-refractivity contribution in [3.63, 3.8) is 0 Å². The summed E-state index contributed by atoms with van der Waals surface area (Å²) < 4.78 is 8.16. The van der Waals surface area contributed by atoms with Gasteiger partial charge in [-0.2, -0.15) is 0 Å². The van der Waals surface area contributed by atoms with Gasteiger partial charge in [0.05, 0.1) is 36.3 Å². The number of pyridine rings is 1. The molecule has 2 aromatic carbocycles. The summed E-state index contributed by atoms with van der Waals surface area (Å²) in [5.41, 5.74) is 9.39. The molecule has 0 saturated carbocycles. The van der Waals surface area contributed by atoms with E-state index in [4.69, 9.17) is 21.9 Å². The molecule has 2 aromatic heterocycles. The van der Waals surface area contributed by atoms with Gasteiger partial charge in [0, 0.05) is 17.6 Å². The number of anilines is 1. The maximum absolute atomic E-state index is 5.95. The average Bonchev–Trinajstić information content (AvgIpc) is 3.39. The first kappa shape index (κ1) is 24.1. The fourth-order valence-corrected chi connectivity index (χ4v) is 5.85. The van der Waals surface area contributed by atoms with Gasteiger partial charge in [-0.25, -0.2) is 0 Å². The first-order valence-corrected chi connectivity index (χ1v) is 12.8. The fourth-order valence-electron chi connectivity index (χ4n) is 5.52. The van der Waals surface area contributed by atoms with Gasteiger partial charge in [-0.3, -0.25) is 4.98 Å². The molecular formula is C30H32N4OS. The molecular weight excluding hydrogens is 464 g/mol. The average molecular weight is 497 g/mol.